The molecule has 4 heterocycles. The number of aromatic nitrogens is 2. The molecule has 0 bridgehead atoms. The predicted octanol–water partition coefficient (Wildman–Crippen LogP) is 0.907. The molecule has 0 aromatic carbocycles. The average Bonchev–Trinajstić information content (AvgIpc) is 2.73. The van der Waals surface area contributed by atoms with Crippen molar-refractivity contribution in [3.63, 3.8) is 0 Å². The Morgan fingerprint density at radius 2 is 1.86 bits per heavy atom. The molecule has 8 heteroatoms. The molecule has 3 aliphatic rings. The van der Waals surface area contributed by atoms with Crippen LogP contribution in [-0.4, -0.2) is 84.2 Å². The number of nitrogens with two attached hydrogens (primary N) is 1. The normalized spacial score (nSPS) is 25.1. The van der Waals surface area contributed by atoms with Crippen molar-refractivity contribution >= 4 is 17.7 Å². The van der Waals surface area contributed by atoms with E-state index in [4.69, 9.17) is 10.5 Å². The fourth-order valence-corrected chi connectivity index (χ4v) is 4.78. The van der Waals surface area contributed by atoms with Gasteiger partial charge in [0.25, 0.3) is 0 Å². The maximum atomic E-state index is 12.9. The van der Waals surface area contributed by atoms with Crippen LogP contribution in [0.3, 0.4) is 0 Å². The number of nitrogens with zero attached hydrogens (tertiary/aromatic N) is 5. The van der Waals surface area contributed by atoms with Crippen LogP contribution >= 0.6 is 0 Å². The van der Waals surface area contributed by atoms with Crippen molar-refractivity contribution in [3.05, 3.63) is 11.8 Å². The molecule has 0 aliphatic carbocycles. The van der Waals surface area contributed by atoms with Gasteiger partial charge < -0.3 is 20.3 Å². The van der Waals surface area contributed by atoms with Gasteiger partial charge in [-0.15, -0.1) is 0 Å². The lowest BCUT2D eigenvalue weighted by molar-refractivity contribution is -0.141. The molecule has 28 heavy (non-hydrogen) atoms. The number of aryl methyl sites for hydroxylation is 1. The number of morpholine rings is 1. The fourth-order valence-electron chi connectivity index (χ4n) is 4.78. The van der Waals surface area contributed by atoms with Gasteiger partial charge in [-0.1, -0.05) is 0 Å². The van der Waals surface area contributed by atoms with E-state index in [9.17, 15) is 4.79 Å². The van der Waals surface area contributed by atoms with Gasteiger partial charge in [0.1, 0.15) is 5.82 Å². The molecular weight excluding hydrogens is 356 g/mol. The Labute approximate surface area is 167 Å². The topological polar surface area (TPSA) is 87.8 Å². The highest BCUT2D eigenvalue weighted by Gasteiger charge is 2.34. The van der Waals surface area contributed by atoms with E-state index in [2.05, 4.69) is 19.8 Å². The summed E-state index contributed by atoms with van der Waals surface area (Å²) in [5.41, 5.74) is 6.72. The van der Waals surface area contributed by atoms with Gasteiger partial charge in [0.2, 0.25) is 11.9 Å². The number of hydrogen-bond donors (Lipinski definition) is 1. The van der Waals surface area contributed by atoms with Gasteiger partial charge in [-0.25, -0.2) is 4.98 Å². The Balaban J connectivity index is 1.32. The van der Waals surface area contributed by atoms with Crippen molar-refractivity contribution in [1.82, 2.24) is 19.8 Å². The van der Waals surface area contributed by atoms with Crippen molar-refractivity contribution in [2.75, 3.05) is 63.1 Å². The van der Waals surface area contributed by atoms with Gasteiger partial charge in [0.15, 0.2) is 0 Å². The molecule has 0 saturated carbocycles. The van der Waals surface area contributed by atoms with Crippen molar-refractivity contribution in [2.45, 2.75) is 38.6 Å². The van der Waals surface area contributed by atoms with E-state index >= 15 is 0 Å². The number of carbonyl (C=O) groups excluding carboxylic acids is 1. The minimum absolute atomic E-state index is 0.147. The van der Waals surface area contributed by atoms with Gasteiger partial charge in [0.05, 0.1) is 19.1 Å². The number of nitrogen functional groups attached to an aromatic ring is 1. The molecule has 1 atom stereocenters. The monoisotopic (exact) mass is 388 g/mol. The molecular formula is C20H32N6O2. The smallest absolute Gasteiger partial charge is 0.227 e. The zero-order valence-corrected chi connectivity index (χ0v) is 16.8. The first-order valence-corrected chi connectivity index (χ1v) is 10.6. The van der Waals surface area contributed by atoms with Crippen molar-refractivity contribution < 1.29 is 9.53 Å². The second kappa shape index (κ2) is 8.61. The largest absolute Gasteiger partial charge is 0.378 e. The van der Waals surface area contributed by atoms with Crippen LogP contribution in [-0.2, 0) is 9.53 Å². The van der Waals surface area contributed by atoms with Crippen LogP contribution in [0.15, 0.2) is 6.07 Å². The lowest BCUT2D eigenvalue weighted by Crippen LogP contribution is -2.52. The van der Waals surface area contributed by atoms with Crippen LogP contribution in [0.4, 0.5) is 11.8 Å². The maximum absolute atomic E-state index is 12.9. The second-order valence-electron chi connectivity index (χ2n) is 8.22. The Morgan fingerprint density at radius 3 is 2.57 bits per heavy atom. The van der Waals surface area contributed by atoms with E-state index in [0.29, 0.717) is 31.1 Å². The molecule has 3 aliphatic heterocycles. The molecule has 154 valence electrons. The van der Waals surface area contributed by atoms with E-state index < -0.39 is 0 Å². The maximum Gasteiger partial charge on any atom is 0.227 e. The number of hydrogen-bond acceptors (Lipinski definition) is 7. The van der Waals surface area contributed by atoms with Crippen molar-refractivity contribution in [2.24, 2.45) is 5.92 Å². The highest BCUT2D eigenvalue weighted by atomic mass is 16.5. The minimum Gasteiger partial charge on any atom is -0.378 e. The van der Waals surface area contributed by atoms with Crippen molar-refractivity contribution in [3.8, 4) is 0 Å². The van der Waals surface area contributed by atoms with E-state index in [1.807, 2.05) is 17.9 Å². The quantitative estimate of drug-likeness (QED) is 0.823. The first-order valence-electron chi connectivity index (χ1n) is 10.6. The number of anilines is 2. The molecule has 1 amide bonds. The summed E-state index contributed by atoms with van der Waals surface area (Å²) in [5.74, 6) is 1.76. The summed E-state index contributed by atoms with van der Waals surface area (Å²) in [6.45, 7) is 8.75. The van der Waals surface area contributed by atoms with E-state index in [-0.39, 0.29) is 5.92 Å². The Morgan fingerprint density at radius 1 is 1.11 bits per heavy atom. The van der Waals surface area contributed by atoms with E-state index in [0.717, 1.165) is 76.5 Å². The third kappa shape index (κ3) is 4.38. The van der Waals surface area contributed by atoms with E-state index in [1.54, 1.807) is 0 Å². The number of ether oxygens (including phenoxy) is 1. The molecule has 1 aromatic heterocycles. The van der Waals surface area contributed by atoms with Gasteiger partial charge >= 0.3 is 0 Å². The van der Waals surface area contributed by atoms with Gasteiger partial charge in [0, 0.05) is 50.5 Å². The summed E-state index contributed by atoms with van der Waals surface area (Å²) < 4.78 is 5.39. The third-order valence-electron chi connectivity index (χ3n) is 6.29. The molecule has 3 saturated heterocycles. The highest BCUT2D eigenvalue weighted by molar-refractivity contribution is 5.79. The van der Waals surface area contributed by atoms with Crippen LogP contribution < -0.4 is 10.6 Å². The molecule has 4 rings (SSSR count). The third-order valence-corrected chi connectivity index (χ3v) is 6.29. The van der Waals surface area contributed by atoms with Gasteiger partial charge in [-0.2, -0.15) is 4.98 Å². The standard InChI is InChI=1S/C20H32N6O2/c1-15-13-18(23-20(21)22-15)24-7-4-17(5-8-24)26-6-2-3-16(14-26)19(27)25-9-11-28-12-10-25/h13,16-17H,2-12,14H2,1H3,(H2,21,22,23)/t16-/m0/s1. The molecule has 8 nitrogen and oxygen atoms in total. The predicted molar refractivity (Wildman–Crippen MR) is 108 cm³/mol. The average molecular weight is 389 g/mol. The number of amides is 1. The summed E-state index contributed by atoms with van der Waals surface area (Å²) in [5, 5.41) is 0. The summed E-state index contributed by atoms with van der Waals surface area (Å²) in [6, 6.07) is 2.56. The summed E-state index contributed by atoms with van der Waals surface area (Å²) in [6.07, 6.45) is 4.33. The summed E-state index contributed by atoms with van der Waals surface area (Å²) in [7, 11) is 0. The van der Waals surface area contributed by atoms with Crippen LogP contribution in [0.5, 0.6) is 0 Å². The first kappa shape index (κ1) is 19.4. The SMILES string of the molecule is Cc1cc(N2CCC(N3CCC[C@H](C(=O)N4CCOCC4)C3)CC2)nc(N)n1. The molecule has 2 N–H and O–H groups in total. The Bertz CT molecular complexity index is 665. The lowest BCUT2D eigenvalue weighted by Gasteiger charge is -2.43. The molecule has 0 spiro atoms. The Hall–Kier alpha value is -1.93. The minimum atomic E-state index is 0.147. The number of carbonyl (C=O) groups is 1. The van der Waals surface area contributed by atoms with Gasteiger partial charge in [-0.3, -0.25) is 9.69 Å². The molecule has 0 unspecified atom stereocenters. The Kier molecular flexibility index (Phi) is 5.96. The number of piperidine rings is 2. The zero-order valence-electron chi connectivity index (χ0n) is 16.8. The second-order valence-corrected chi connectivity index (χ2v) is 8.22. The van der Waals surface area contributed by atoms with Crippen LogP contribution in [0.1, 0.15) is 31.4 Å². The molecule has 0 radical (unpaired) electrons. The van der Waals surface area contributed by atoms with E-state index in [1.165, 1.54) is 0 Å². The van der Waals surface area contributed by atoms with Crippen molar-refractivity contribution in [1.29, 1.82) is 0 Å². The van der Waals surface area contributed by atoms with Crippen LogP contribution in [0.2, 0.25) is 0 Å². The van der Waals surface area contributed by atoms with Gasteiger partial charge in [-0.05, 0) is 39.2 Å². The highest BCUT2D eigenvalue weighted by Crippen LogP contribution is 2.27. The molecule has 1 aromatic rings. The fraction of sp³-hybridized carbons (Fsp3) is 0.750. The molecule has 3 fully saturated rings. The zero-order chi connectivity index (χ0) is 19.5. The number of rotatable bonds is 3. The van der Waals surface area contributed by atoms with Crippen LogP contribution in [0, 0.1) is 12.8 Å². The first-order chi connectivity index (χ1) is 13.6. The summed E-state index contributed by atoms with van der Waals surface area (Å²) in [4.78, 5) is 28.3. The summed E-state index contributed by atoms with van der Waals surface area (Å²) >= 11 is 0. The lowest BCUT2D eigenvalue weighted by atomic mass is 9.92. The van der Waals surface area contributed by atoms with Crippen LogP contribution in [0.25, 0.3) is 0 Å². The number of likely N-dealkylation sites (tertiary alicyclic amines) is 1.